The highest BCUT2D eigenvalue weighted by molar-refractivity contribution is 5.34. The zero-order valence-corrected chi connectivity index (χ0v) is 10.4. The molecule has 5 heteroatoms. The van der Waals surface area contributed by atoms with E-state index in [4.69, 9.17) is 0 Å². The van der Waals surface area contributed by atoms with Gasteiger partial charge in [-0.1, -0.05) is 6.42 Å². The molecule has 3 N–H and O–H groups in total. The predicted octanol–water partition coefficient (Wildman–Crippen LogP) is 1.22. The largest absolute Gasteiger partial charge is 0.393 e. The maximum Gasteiger partial charge on any atom is 0.252 e. The molecule has 18 heavy (non-hydrogen) atoms. The number of nitrogens with zero attached hydrogens (tertiary/aromatic N) is 1. The van der Waals surface area contributed by atoms with E-state index in [0.29, 0.717) is 18.3 Å². The molecule has 2 unspecified atom stereocenters. The van der Waals surface area contributed by atoms with Crippen molar-refractivity contribution >= 4 is 5.82 Å². The Kier molecular flexibility index (Phi) is 3.07. The lowest BCUT2D eigenvalue weighted by Crippen LogP contribution is -2.23. The zero-order valence-electron chi connectivity index (χ0n) is 10.4. The van der Waals surface area contributed by atoms with Crippen molar-refractivity contribution in [2.45, 2.75) is 44.1 Å². The first-order valence-corrected chi connectivity index (χ1v) is 6.75. The van der Waals surface area contributed by atoms with Crippen LogP contribution in [0.4, 0.5) is 5.82 Å². The molecule has 0 amide bonds. The van der Waals surface area contributed by atoms with Crippen LogP contribution in [0, 0.1) is 5.92 Å². The van der Waals surface area contributed by atoms with Crippen LogP contribution in [0.2, 0.25) is 0 Å². The summed E-state index contributed by atoms with van der Waals surface area (Å²) in [5, 5.41) is 12.9. The van der Waals surface area contributed by atoms with Gasteiger partial charge in [0, 0.05) is 24.4 Å². The van der Waals surface area contributed by atoms with Crippen molar-refractivity contribution in [1.82, 2.24) is 9.97 Å². The van der Waals surface area contributed by atoms with E-state index in [0.717, 1.165) is 37.9 Å². The van der Waals surface area contributed by atoms with E-state index in [1.807, 2.05) is 0 Å². The summed E-state index contributed by atoms with van der Waals surface area (Å²) in [4.78, 5) is 18.7. The summed E-state index contributed by atoms with van der Waals surface area (Å²) in [6.45, 7) is 0.696. The Bertz CT molecular complexity index is 481. The number of aliphatic hydroxyl groups is 1. The highest BCUT2D eigenvalue weighted by Crippen LogP contribution is 2.37. The molecular formula is C13H19N3O2. The summed E-state index contributed by atoms with van der Waals surface area (Å²) in [5.41, 5.74) is -0.0960. The number of aromatic nitrogens is 2. The second-order valence-electron chi connectivity index (χ2n) is 5.43. The molecule has 2 saturated carbocycles. The van der Waals surface area contributed by atoms with Gasteiger partial charge in [-0.25, -0.2) is 4.98 Å². The normalized spacial score (nSPS) is 27.4. The summed E-state index contributed by atoms with van der Waals surface area (Å²) in [7, 11) is 0. The molecule has 0 radical (unpaired) electrons. The molecule has 0 aromatic carbocycles. The Morgan fingerprint density at radius 3 is 2.89 bits per heavy atom. The quantitative estimate of drug-likeness (QED) is 0.749. The first kappa shape index (κ1) is 11.7. The molecule has 0 saturated heterocycles. The van der Waals surface area contributed by atoms with E-state index in [1.54, 1.807) is 0 Å². The third kappa shape index (κ3) is 2.56. The second-order valence-corrected chi connectivity index (χ2v) is 5.43. The maximum absolute atomic E-state index is 11.5. The van der Waals surface area contributed by atoms with E-state index in [-0.39, 0.29) is 17.6 Å². The van der Waals surface area contributed by atoms with E-state index in [2.05, 4.69) is 15.3 Å². The van der Waals surface area contributed by atoms with Gasteiger partial charge in [-0.15, -0.1) is 0 Å². The van der Waals surface area contributed by atoms with Crippen LogP contribution in [0.5, 0.6) is 0 Å². The van der Waals surface area contributed by atoms with Crippen molar-refractivity contribution in [3.05, 3.63) is 22.2 Å². The summed E-state index contributed by atoms with van der Waals surface area (Å²) < 4.78 is 0. The lowest BCUT2D eigenvalue weighted by molar-refractivity contribution is 0.138. The number of H-pyrrole nitrogens is 1. The fraction of sp³-hybridized carbons (Fsp3) is 0.692. The van der Waals surface area contributed by atoms with Crippen molar-refractivity contribution in [3.8, 4) is 0 Å². The van der Waals surface area contributed by atoms with E-state index in [9.17, 15) is 9.90 Å². The van der Waals surface area contributed by atoms with Gasteiger partial charge in [-0.3, -0.25) is 4.79 Å². The topological polar surface area (TPSA) is 78.0 Å². The molecule has 1 aromatic heterocycles. The Balaban J connectivity index is 1.66. The average molecular weight is 249 g/mol. The Morgan fingerprint density at radius 2 is 2.22 bits per heavy atom. The van der Waals surface area contributed by atoms with Crippen LogP contribution < -0.4 is 10.9 Å². The summed E-state index contributed by atoms with van der Waals surface area (Å²) >= 11 is 0. The molecule has 2 aliphatic rings. The van der Waals surface area contributed by atoms with Crippen LogP contribution in [0.15, 0.2) is 10.9 Å². The molecule has 0 bridgehead atoms. The zero-order chi connectivity index (χ0) is 12.5. The standard InChI is InChI=1S/C13H19N3O2/c17-10-3-1-2-9(10)7-14-11-6-12(18)16-13(15-11)8-4-5-8/h6,8-10,17H,1-5,7H2,(H2,14,15,16,18). The van der Waals surface area contributed by atoms with Crippen molar-refractivity contribution < 1.29 is 5.11 Å². The van der Waals surface area contributed by atoms with Gasteiger partial charge in [0.15, 0.2) is 0 Å². The monoisotopic (exact) mass is 249 g/mol. The van der Waals surface area contributed by atoms with Gasteiger partial charge >= 0.3 is 0 Å². The minimum atomic E-state index is -0.206. The fourth-order valence-electron chi connectivity index (χ4n) is 2.61. The van der Waals surface area contributed by atoms with Gasteiger partial charge in [0.05, 0.1) is 6.10 Å². The molecule has 1 aromatic rings. The number of anilines is 1. The van der Waals surface area contributed by atoms with Crippen molar-refractivity contribution in [2.75, 3.05) is 11.9 Å². The number of hydrogen-bond donors (Lipinski definition) is 3. The highest BCUT2D eigenvalue weighted by atomic mass is 16.3. The number of aromatic amines is 1. The highest BCUT2D eigenvalue weighted by Gasteiger charge is 2.27. The first-order chi connectivity index (χ1) is 8.72. The van der Waals surface area contributed by atoms with Crippen LogP contribution in [-0.2, 0) is 0 Å². The Hall–Kier alpha value is -1.36. The van der Waals surface area contributed by atoms with Crippen LogP contribution in [-0.4, -0.2) is 27.7 Å². The predicted molar refractivity (Wildman–Crippen MR) is 68.7 cm³/mol. The molecule has 1 heterocycles. The molecule has 2 fully saturated rings. The van der Waals surface area contributed by atoms with Crippen molar-refractivity contribution in [3.63, 3.8) is 0 Å². The minimum Gasteiger partial charge on any atom is -0.393 e. The fourth-order valence-corrected chi connectivity index (χ4v) is 2.61. The molecule has 2 aliphatic carbocycles. The van der Waals surface area contributed by atoms with Crippen LogP contribution in [0.1, 0.15) is 43.8 Å². The smallest absolute Gasteiger partial charge is 0.252 e. The van der Waals surface area contributed by atoms with Crippen LogP contribution >= 0.6 is 0 Å². The number of hydrogen-bond acceptors (Lipinski definition) is 4. The van der Waals surface area contributed by atoms with Crippen molar-refractivity contribution in [2.24, 2.45) is 5.92 Å². The summed E-state index contributed by atoms with van der Waals surface area (Å²) in [5.74, 6) is 2.17. The molecule has 3 rings (SSSR count). The molecule has 98 valence electrons. The SMILES string of the molecule is O=c1cc(NCC2CCCC2O)nc(C2CC2)[nH]1. The van der Waals surface area contributed by atoms with Crippen molar-refractivity contribution in [1.29, 1.82) is 0 Å². The van der Waals surface area contributed by atoms with E-state index < -0.39 is 0 Å². The lowest BCUT2D eigenvalue weighted by atomic mass is 10.1. The number of aliphatic hydroxyl groups excluding tert-OH is 1. The van der Waals surface area contributed by atoms with Gasteiger partial charge in [0.1, 0.15) is 11.6 Å². The van der Waals surface area contributed by atoms with E-state index >= 15 is 0 Å². The number of rotatable bonds is 4. The van der Waals surface area contributed by atoms with Crippen LogP contribution in [0.3, 0.4) is 0 Å². The first-order valence-electron chi connectivity index (χ1n) is 6.75. The van der Waals surface area contributed by atoms with Gasteiger partial charge in [0.25, 0.3) is 5.56 Å². The van der Waals surface area contributed by atoms with Crippen LogP contribution in [0.25, 0.3) is 0 Å². The minimum absolute atomic E-state index is 0.0960. The van der Waals surface area contributed by atoms with E-state index in [1.165, 1.54) is 6.07 Å². The third-order valence-corrected chi connectivity index (χ3v) is 3.89. The molecule has 5 nitrogen and oxygen atoms in total. The Labute approximate surface area is 106 Å². The molecular weight excluding hydrogens is 230 g/mol. The Morgan fingerprint density at radius 1 is 1.39 bits per heavy atom. The second kappa shape index (κ2) is 4.72. The third-order valence-electron chi connectivity index (χ3n) is 3.89. The lowest BCUT2D eigenvalue weighted by Gasteiger charge is -2.15. The average Bonchev–Trinajstić information content (AvgIpc) is 3.11. The molecule has 2 atom stereocenters. The molecule has 0 spiro atoms. The van der Waals surface area contributed by atoms with Gasteiger partial charge in [-0.2, -0.15) is 0 Å². The number of nitrogens with one attached hydrogen (secondary N) is 2. The summed E-state index contributed by atoms with van der Waals surface area (Å²) in [6.07, 6.45) is 5.06. The van der Waals surface area contributed by atoms with Gasteiger partial charge < -0.3 is 15.4 Å². The molecule has 0 aliphatic heterocycles. The summed E-state index contributed by atoms with van der Waals surface area (Å²) in [6, 6.07) is 1.49. The van der Waals surface area contributed by atoms with Gasteiger partial charge in [0.2, 0.25) is 0 Å². The maximum atomic E-state index is 11.5. The van der Waals surface area contributed by atoms with Gasteiger partial charge in [-0.05, 0) is 25.7 Å².